The van der Waals surface area contributed by atoms with Crippen LogP contribution in [0.15, 0.2) is 0 Å². The van der Waals surface area contributed by atoms with E-state index in [2.05, 4.69) is 285 Å². The molecule has 1 unspecified atom stereocenters. The van der Waals surface area contributed by atoms with Crippen LogP contribution in [0.2, 0.25) is 0 Å². The lowest BCUT2D eigenvalue weighted by Crippen LogP contribution is -2.50. The first kappa shape index (κ1) is 89.5. The minimum atomic E-state index is 0.632. The fourth-order valence-corrected chi connectivity index (χ4v) is 11.6. The molecule has 14 heteroatoms. The average molecular weight is 1250 g/mol. The summed E-state index contributed by atoms with van der Waals surface area (Å²) in [7, 11) is 10.8. The van der Waals surface area contributed by atoms with E-state index in [0.29, 0.717) is 48.3 Å². The van der Waals surface area contributed by atoms with Crippen molar-refractivity contribution < 1.29 is 0 Å². The van der Waals surface area contributed by atoms with Crippen LogP contribution in [0, 0.1) is 11.8 Å². The maximum atomic E-state index is 3.61. The van der Waals surface area contributed by atoms with Crippen molar-refractivity contribution in [2.75, 3.05) is 166 Å². The van der Waals surface area contributed by atoms with Crippen molar-refractivity contribution in [1.82, 2.24) is 69.8 Å². The Morgan fingerprint density at radius 3 is 0.886 bits per heavy atom. The van der Waals surface area contributed by atoms with Gasteiger partial charge in [0.1, 0.15) is 0 Å². The molecule has 532 valence electrons. The summed E-state index contributed by atoms with van der Waals surface area (Å²) in [6.07, 6.45) is 9.35. The van der Waals surface area contributed by atoms with E-state index in [4.69, 9.17) is 0 Å². The normalized spacial score (nSPS) is 19.8. The van der Waals surface area contributed by atoms with Crippen LogP contribution in [0.3, 0.4) is 0 Å². The molecule has 0 amide bonds. The summed E-state index contributed by atoms with van der Waals surface area (Å²) >= 11 is 0. The molecule has 0 spiro atoms. The molecule has 5 saturated heterocycles. The van der Waals surface area contributed by atoms with Gasteiger partial charge >= 0.3 is 0 Å². The van der Waals surface area contributed by atoms with Crippen LogP contribution in [-0.2, 0) is 0 Å². The van der Waals surface area contributed by atoms with E-state index in [9.17, 15) is 0 Å². The van der Waals surface area contributed by atoms with Gasteiger partial charge in [-0.25, -0.2) is 0 Å². The highest BCUT2D eigenvalue weighted by atomic mass is 15.3. The number of likely N-dealkylation sites (tertiary alicyclic amines) is 3. The van der Waals surface area contributed by atoms with Crippen molar-refractivity contribution >= 4 is 0 Å². The molecule has 0 aromatic rings. The lowest BCUT2D eigenvalue weighted by atomic mass is 9.96. The lowest BCUT2D eigenvalue weighted by Gasteiger charge is -2.38. The van der Waals surface area contributed by atoms with Gasteiger partial charge in [0, 0.05) is 143 Å². The Bertz CT molecular complexity index is 1450. The maximum Gasteiger partial charge on any atom is 0.0113 e. The Morgan fingerprint density at radius 2 is 0.602 bits per heavy atom. The lowest BCUT2D eigenvalue weighted by molar-refractivity contribution is 0.0887. The van der Waals surface area contributed by atoms with E-state index in [1.807, 2.05) is 0 Å². The third-order valence-corrected chi connectivity index (χ3v) is 19.8. The molecule has 14 nitrogen and oxygen atoms in total. The Morgan fingerprint density at radius 1 is 0.318 bits per heavy atom. The largest absolute Gasteiger partial charge is 0.319 e. The second-order valence-corrected chi connectivity index (χ2v) is 31.2. The molecule has 0 saturated carbocycles. The van der Waals surface area contributed by atoms with Gasteiger partial charge in [0.15, 0.2) is 0 Å². The van der Waals surface area contributed by atoms with Gasteiger partial charge in [0.05, 0.1) is 0 Å². The summed E-state index contributed by atoms with van der Waals surface area (Å²) < 4.78 is 0. The first-order valence-corrected chi connectivity index (χ1v) is 37.2. The number of rotatable bonds is 25. The molecule has 88 heavy (non-hydrogen) atoms. The van der Waals surface area contributed by atoms with Gasteiger partial charge in [-0.05, 0) is 316 Å². The smallest absolute Gasteiger partial charge is 0.0113 e. The first-order valence-electron chi connectivity index (χ1n) is 37.2. The Hall–Kier alpha value is -0.560. The number of likely N-dealkylation sites (N-methyl/N-ethyl adjacent to an activating group) is 2. The summed E-state index contributed by atoms with van der Waals surface area (Å²) in [5.41, 5.74) is 0. The summed E-state index contributed by atoms with van der Waals surface area (Å²) in [5.74, 6) is 1.80. The molecule has 0 aliphatic carbocycles. The Balaban J connectivity index is 0. The Labute approximate surface area is 554 Å². The topological polar surface area (TPSA) is 71.7 Å². The van der Waals surface area contributed by atoms with Gasteiger partial charge in [-0.15, -0.1) is 0 Å². The van der Waals surface area contributed by atoms with Crippen LogP contribution < -0.4 is 16.0 Å². The van der Waals surface area contributed by atoms with Crippen LogP contribution in [0.4, 0.5) is 0 Å². The molecular weight excluding hydrogens is 1080 g/mol. The first-order chi connectivity index (χ1) is 41.0. The number of piperidine rings is 2. The molecular formula is C74H166N14. The molecule has 5 fully saturated rings. The van der Waals surface area contributed by atoms with Gasteiger partial charge in [0.2, 0.25) is 0 Å². The van der Waals surface area contributed by atoms with Crippen LogP contribution in [0.5, 0.6) is 0 Å². The predicted molar refractivity (Wildman–Crippen MR) is 396 cm³/mol. The SMILES string of the molecule is CC(C)N(C)CCCN(C)C(C)C.CC(C)N(C)CCN(C)C(C)C.CC(C)N1CCCN(C(C)C)CC1.CC(C)N1CCN(C(C)C)CC1.CC(C)NC1CCN(C(C)C)CC1.CC(C)NCC1CCN(C(C)C)C1.CNCC1CCN(C(C)C)CC1. The number of hydrogen-bond donors (Lipinski definition) is 3. The average Bonchev–Trinajstić information content (AvgIpc) is 3.94. The monoisotopic (exact) mass is 1250 g/mol. The van der Waals surface area contributed by atoms with E-state index in [1.165, 1.54) is 163 Å². The van der Waals surface area contributed by atoms with Gasteiger partial charge in [-0.1, -0.05) is 27.7 Å². The quantitative estimate of drug-likeness (QED) is 0.0813. The molecule has 5 rings (SSSR count). The minimum Gasteiger partial charge on any atom is -0.319 e. The molecule has 5 aliphatic rings. The molecule has 3 N–H and O–H groups in total. The van der Waals surface area contributed by atoms with Gasteiger partial charge in [-0.2, -0.15) is 0 Å². The molecule has 5 aliphatic heterocycles. The van der Waals surface area contributed by atoms with E-state index in [1.54, 1.807) is 0 Å². The number of nitrogens with zero attached hydrogens (tertiary/aromatic N) is 11. The van der Waals surface area contributed by atoms with Crippen molar-refractivity contribution in [2.45, 2.75) is 310 Å². The highest BCUT2D eigenvalue weighted by Gasteiger charge is 2.25. The van der Waals surface area contributed by atoms with E-state index >= 15 is 0 Å². The third kappa shape index (κ3) is 44.9. The second-order valence-electron chi connectivity index (χ2n) is 31.2. The molecule has 1 atom stereocenters. The van der Waals surface area contributed by atoms with Crippen molar-refractivity contribution in [1.29, 1.82) is 0 Å². The molecule has 0 radical (unpaired) electrons. The van der Waals surface area contributed by atoms with Crippen molar-refractivity contribution in [3.63, 3.8) is 0 Å². The third-order valence-electron chi connectivity index (χ3n) is 19.8. The zero-order valence-electron chi connectivity index (χ0n) is 65.7. The van der Waals surface area contributed by atoms with E-state index in [0.717, 1.165) is 61.2 Å². The zero-order chi connectivity index (χ0) is 67.8. The number of hydrogen-bond acceptors (Lipinski definition) is 14. The van der Waals surface area contributed by atoms with E-state index < -0.39 is 0 Å². The fraction of sp³-hybridized carbons (Fsp3) is 1.00. The number of piperazine rings is 1. The van der Waals surface area contributed by atoms with Gasteiger partial charge in [-0.3, -0.25) is 19.6 Å². The van der Waals surface area contributed by atoms with Crippen molar-refractivity contribution in [3.05, 3.63) is 0 Å². The number of nitrogens with one attached hydrogen (secondary N) is 3. The second kappa shape index (κ2) is 51.7. The van der Waals surface area contributed by atoms with Gasteiger partial charge in [0.25, 0.3) is 0 Å². The highest BCUT2D eigenvalue weighted by Crippen LogP contribution is 2.19. The fourth-order valence-electron chi connectivity index (χ4n) is 11.6. The summed E-state index contributed by atoms with van der Waals surface area (Å²) in [5, 5.41) is 10.4. The highest BCUT2D eigenvalue weighted by molar-refractivity contribution is 4.82. The molecule has 0 bridgehead atoms. The summed E-state index contributed by atoms with van der Waals surface area (Å²) in [4.78, 5) is 27.5. The van der Waals surface area contributed by atoms with Crippen LogP contribution in [-0.4, -0.2) is 305 Å². The van der Waals surface area contributed by atoms with Crippen molar-refractivity contribution in [2.24, 2.45) is 11.8 Å². The Kier molecular flexibility index (Phi) is 52.6. The molecule has 5 heterocycles. The van der Waals surface area contributed by atoms with Gasteiger partial charge < -0.3 is 50.2 Å². The van der Waals surface area contributed by atoms with E-state index in [-0.39, 0.29) is 0 Å². The predicted octanol–water partition coefficient (Wildman–Crippen LogP) is 11.9. The standard InChI is InChI=1S/3C11H24N2.C11H26N2.2C10H22N2.C10H24N2/c1-9(2)12-11-5-7-13(8-6-11)10(3)4;1-9(2)12-7-11-5-6-13(8-11)10(3)4;1-10(2)12-6-5-7-13(9-8-12)11(3)4;1-10(2)12(5)8-7-9-13(6)11(3)4;1-9(2)11-5-7-12(8-6-11)10(3)4;1-9(2)12-6-4-10(5-7-12)8-11-3;1-9(2)11(5)7-8-12(6)10(3)4/h2*9-12H,5-8H2,1-4H3;10-11H,5-9H2,1-4H3;10-11H,7-9H2,1-6H3;9-10H,5-8H2,1-4H3;9-11H,4-8H2,1-3H3;9-10H,7-8H2,1-6H3. The molecule has 0 aromatic carbocycles. The van der Waals surface area contributed by atoms with Crippen LogP contribution in [0.25, 0.3) is 0 Å². The van der Waals surface area contributed by atoms with Crippen LogP contribution in [0.1, 0.15) is 225 Å². The maximum absolute atomic E-state index is 3.61. The molecule has 0 aromatic heterocycles. The zero-order valence-corrected chi connectivity index (χ0v) is 65.7. The summed E-state index contributed by atoms with van der Waals surface area (Å²) in [6, 6.07) is 9.74. The summed E-state index contributed by atoms with van der Waals surface area (Å²) in [6.45, 7) is 83.7. The van der Waals surface area contributed by atoms with Crippen LogP contribution >= 0.6 is 0 Å². The minimum absolute atomic E-state index is 0.632. The van der Waals surface area contributed by atoms with Crippen molar-refractivity contribution in [3.8, 4) is 0 Å².